The number of hydrogen-bond donors (Lipinski definition) is 0. The zero-order valence-corrected chi connectivity index (χ0v) is 15.2. The molecule has 2 nitrogen and oxygen atoms in total. The van der Waals surface area contributed by atoms with E-state index in [1.54, 1.807) is 7.11 Å². The van der Waals surface area contributed by atoms with Gasteiger partial charge in [0.15, 0.2) is 5.78 Å². The van der Waals surface area contributed by atoms with Crippen LogP contribution < -0.4 is 4.74 Å². The molecule has 0 saturated carbocycles. The summed E-state index contributed by atoms with van der Waals surface area (Å²) in [6.45, 7) is 0. The molecule has 3 aromatic carbocycles. The number of rotatable bonds is 3. The van der Waals surface area contributed by atoms with Crippen molar-refractivity contribution in [1.29, 1.82) is 0 Å². The lowest BCUT2D eigenvalue weighted by Gasteiger charge is -2.15. The number of methoxy groups -OCH3 is 1. The lowest BCUT2D eigenvalue weighted by atomic mass is 9.87. The van der Waals surface area contributed by atoms with Gasteiger partial charge in [-0.25, -0.2) is 0 Å². The molecule has 5 rings (SSSR count). The molecule has 0 aliphatic heterocycles. The van der Waals surface area contributed by atoms with Gasteiger partial charge in [-0.05, 0) is 58.4 Å². The summed E-state index contributed by atoms with van der Waals surface area (Å²) >= 11 is 0. The first kappa shape index (κ1) is 16.1. The van der Waals surface area contributed by atoms with Crippen molar-refractivity contribution < 1.29 is 9.53 Å². The number of ether oxygens (including phenoxy) is 1. The average Bonchev–Trinajstić information content (AvgIpc) is 3.26. The summed E-state index contributed by atoms with van der Waals surface area (Å²) in [5.41, 5.74) is 8.15. The number of Topliss-reactive ketones (excluding diaryl/α,β-unsaturated/α-hetero) is 1. The van der Waals surface area contributed by atoms with Crippen LogP contribution in [0.25, 0.3) is 11.1 Å². The third kappa shape index (κ3) is 2.52. The van der Waals surface area contributed by atoms with Crippen LogP contribution in [0, 0.1) is 5.92 Å². The van der Waals surface area contributed by atoms with Gasteiger partial charge in [-0.3, -0.25) is 4.79 Å². The summed E-state index contributed by atoms with van der Waals surface area (Å²) < 4.78 is 5.43. The van der Waals surface area contributed by atoms with Crippen LogP contribution >= 0.6 is 0 Å². The summed E-state index contributed by atoms with van der Waals surface area (Å²) in [5.74, 6) is 0.987. The normalized spacial score (nSPS) is 17.8. The Morgan fingerprint density at radius 3 is 2.37 bits per heavy atom. The van der Waals surface area contributed by atoms with E-state index in [9.17, 15) is 4.79 Å². The molecule has 27 heavy (non-hydrogen) atoms. The van der Waals surface area contributed by atoms with Gasteiger partial charge in [0.2, 0.25) is 0 Å². The molecule has 0 spiro atoms. The largest absolute Gasteiger partial charge is 0.497 e. The molecule has 1 unspecified atom stereocenters. The van der Waals surface area contributed by atoms with E-state index in [2.05, 4.69) is 42.5 Å². The van der Waals surface area contributed by atoms with Crippen molar-refractivity contribution in [1.82, 2.24) is 0 Å². The Labute approximate surface area is 159 Å². The second-order valence-electron chi connectivity index (χ2n) is 7.24. The Morgan fingerprint density at radius 2 is 1.59 bits per heavy atom. The van der Waals surface area contributed by atoms with Crippen LogP contribution in [0.4, 0.5) is 0 Å². The van der Waals surface area contributed by atoms with E-state index in [0.717, 1.165) is 35.3 Å². The average molecular weight is 352 g/mol. The summed E-state index contributed by atoms with van der Waals surface area (Å²) in [6, 6.07) is 24.7. The van der Waals surface area contributed by atoms with Crippen molar-refractivity contribution >= 4 is 16.9 Å². The molecule has 0 heterocycles. The summed E-state index contributed by atoms with van der Waals surface area (Å²) in [6.07, 6.45) is 1.64. The van der Waals surface area contributed by atoms with Gasteiger partial charge in [0, 0.05) is 5.56 Å². The first-order valence-electron chi connectivity index (χ1n) is 9.34. The minimum Gasteiger partial charge on any atom is -0.497 e. The van der Waals surface area contributed by atoms with Gasteiger partial charge < -0.3 is 4.74 Å². The van der Waals surface area contributed by atoms with E-state index < -0.39 is 0 Å². The van der Waals surface area contributed by atoms with Crippen LogP contribution in [0.15, 0.2) is 72.8 Å². The van der Waals surface area contributed by atoms with Gasteiger partial charge in [0.05, 0.1) is 13.0 Å². The maximum absolute atomic E-state index is 13.2. The Hall–Kier alpha value is -3.13. The van der Waals surface area contributed by atoms with E-state index >= 15 is 0 Å². The van der Waals surface area contributed by atoms with Crippen molar-refractivity contribution in [3.63, 3.8) is 0 Å². The van der Waals surface area contributed by atoms with Crippen LogP contribution in [-0.2, 0) is 12.8 Å². The van der Waals surface area contributed by atoms with Gasteiger partial charge in [-0.15, -0.1) is 0 Å². The predicted octanol–water partition coefficient (Wildman–Crippen LogP) is 5.22. The lowest BCUT2D eigenvalue weighted by Crippen LogP contribution is -2.11. The van der Waals surface area contributed by atoms with Gasteiger partial charge in [0.25, 0.3) is 0 Å². The molecule has 0 fully saturated rings. The number of benzene rings is 3. The predicted molar refractivity (Wildman–Crippen MR) is 108 cm³/mol. The molecule has 0 radical (unpaired) electrons. The number of fused-ring (bicyclic) bond motifs is 2. The maximum Gasteiger partial charge on any atom is 0.170 e. The van der Waals surface area contributed by atoms with E-state index in [1.807, 2.05) is 30.3 Å². The third-order valence-electron chi connectivity index (χ3n) is 5.79. The fourth-order valence-corrected chi connectivity index (χ4v) is 4.52. The van der Waals surface area contributed by atoms with Crippen molar-refractivity contribution in [2.45, 2.75) is 12.8 Å². The molecule has 2 aliphatic carbocycles. The van der Waals surface area contributed by atoms with Crippen LogP contribution in [-0.4, -0.2) is 12.9 Å². The quantitative estimate of drug-likeness (QED) is 0.646. The lowest BCUT2D eigenvalue weighted by molar-refractivity contribution is 0.0964. The Balaban J connectivity index is 1.68. The van der Waals surface area contributed by atoms with Crippen molar-refractivity contribution in [3.8, 4) is 5.75 Å². The summed E-state index contributed by atoms with van der Waals surface area (Å²) in [7, 11) is 1.69. The minimum atomic E-state index is -0.104. The molecule has 0 aromatic heterocycles. The molecule has 0 N–H and O–H groups in total. The summed E-state index contributed by atoms with van der Waals surface area (Å²) in [5, 5.41) is 0. The maximum atomic E-state index is 13.2. The molecule has 2 aliphatic rings. The number of carbonyl (C=O) groups excluding carboxylic acids is 1. The van der Waals surface area contributed by atoms with Crippen LogP contribution in [0.2, 0.25) is 0 Å². The fourth-order valence-electron chi connectivity index (χ4n) is 4.52. The van der Waals surface area contributed by atoms with Crippen molar-refractivity contribution in [2.75, 3.05) is 7.11 Å². The summed E-state index contributed by atoms with van der Waals surface area (Å²) in [4.78, 5) is 13.2. The SMILES string of the molecule is COc1cccc(C2=C(C3Cc4ccccc4C3=O)c3ccccc3C2)c1. The zero-order valence-electron chi connectivity index (χ0n) is 15.2. The second-order valence-corrected chi connectivity index (χ2v) is 7.24. The number of allylic oxidation sites excluding steroid dienone is 2. The molecule has 0 saturated heterocycles. The molecular weight excluding hydrogens is 332 g/mol. The van der Waals surface area contributed by atoms with Gasteiger partial charge >= 0.3 is 0 Å². The molecule has 2 heteroatoms. The first-order valence-corrected chi connectivity index (χ1v) is 9.34. The molecule has 1 atom stereocenters. The van der Waals surface area contributed by atoms with E-state index in [-0.39, 0.29) is 11.7 Å². The van der Waals surface area contributed by atoms with E-state index in [1.165, 1.54) is 22.3 Å². The fraction of sp³-hybridized carbons (Fsp3) is 0.160. The number of carbonyl (C=O) groups is 1. The highest BCUT2D eigenvalue weighted by molar-refractivity contribution is 6.13. The molecular formula is C25H20O2. The van der Waals surface area contributed by atoms with Crippen molar-refractivity contribution in [3.05, 3.63) is 101 Å². The van der Waals surface area contributed by atoms with Gasteiger partial charge in [-0.1, -0.05) is 60.7 Å². The minimum absolute atomic E-state index is 0.104. The molecule has 0 bridgehead atoms. The molecule has 3 aromatic rings. The monoisotopic (exact) mass is 352 g/mol. The number of hydrogen-bond acceptors (Lipinski definition) is 2. The first-order chi connectivity index (χ1) is 13.3. The van der Waals surface area contributed by atoms with E-state index in [0.29, 0.717) is 0 Å². The molecule has 132 valence electrons. The van der Waals surface area contributed by atoms with Gasteiger partial charge in [-0.2, -0.15) is 0 Å². The van der Waals surface area contributed by atoms with Crippen LogP contribution in [0.1, 0.15) is 32.6 Å². The highest BCUT2D eigenvalue weighted by atomic mass is 16.5. The Morgan fingerprint density at radius 1 is 0.852 bits per heavy atom. The number of ketones is 1. The van der Waals surface area contributed by atoms with Crippen molar-refractivity contribution in [2.24, 2.45) is 5.92 Å². The standard InChI is InChI=1S/C25H20O2/c1-27-19-10-6-9-16(13-19)22-14-17-7-2-4-11-20(17)24(22)23-15-18-8-3-5-12-21(18)25(23)26/h2-13,23H,14-15H2,1H3. The zero-order chi connectivity index (χ0) is 18.4. The Kier molecular flexibility index (Phi) is 3.71. The topological polar surface area (TPSA) is 26.3 Å². The van der Waals surface area contributed by atoms with E-state index in [4.69, 9.17) is 4.74 Å². The third-order valence-corrected chi connectivity index (χ3v) is 5.79. The highest BCUT2D eigenvalue weighted by Gasteiger charge is 2.37. The van der Waals surface area contributed by atoms with Gasteiger partial charge in [0.1, 0.15) is 5.75 Å². The second kappa shape index (κ2) is 6.24. The molecule has 0 amide bonds. The van der Waals surface area contributed by atoms with Crippen LogP contribution in [0.3, 0.4) is 0 Å². The smallest absolute Gasteiger partial charge is 0.170 e. The van der Waals surface area contributed by atoms with Crippen LogP contribution in [0.5, 0.6) is 5.75 Å². The Bertz CT molecular complexity index is 1090. The highest BCUT2D eigenvalue weighted by Crippen LogP contribution is 2.46.